The van der Waals surface area contributed by atoms with E-state index in [-0.39, 0.29) is 11.6 Å². The highest BCUT2D eigenvalue weighted by Crippen LogP contribution is 2.13. The van der Waals surface area contributed by atoms with Crippen LogP contribution < -0.4 is 15.7 Å². The van der Waals surface area contributed by atoms with Crippen molar-refractivity contribution in [3.05, 3.63) is 64.1 Å². The summed E-state index contributed by atoms with van der Waals surface area (Å²) >= 11 is 0. The molecule has 0 fully saturated rings. The number of hydrogen-bond donors (Lipinski definition) is 2. The van der Waals surface area contributed by atoms with Gasteiger partial charge in [0.2, 0.25) is 0 Å². The molecule has 3 aromatic rings. The number of nitrogens with zero attached hydrogens (tertiary/aromatic N) is 1. The number of imidazole rings is 1. The van der Waals surface area contributed by atoms with Crippen LogP contribution in [-0.4, -0.2) is 28.6 Å². The first-order valence-corrected chi connectivity index (χ1v) is 8.71. The van der Waals surface area contributed by atoms with Crippen molar-refractivity contribution in [3.8, 4) is 5.75 Å². The summed E-state index contributed by atoms with van der Waals surface area (Å²) in [6.07, 6.45) is 1.70. The average molecular weight is 353 g/mol. The lowest BCUT2D eigenvalue weighted by molar-refractivity contribution is 0.0952. The van der Waals surface area contributed by atoms with Gasteiger partial charge in [0.15, 0.2) is 0 Å². The van der Waals surface area contributed by atoms with Gasteiger partial charge in [-0.1, -0.05) is 17.7 Å². The zero-order valence-electron chi connectivity index (χ0n) is 15.0. The molecule has 0 spiro atoms. The van der Waals surface area contributed by atoms with Crippen LogP contribution in [0.5, 0.6) is 5.75 Å². The van der Waals surface area contributed by atoms with Gasteiger partial charge in [0, 0.05) is 19.2 Å². The molecule has 0 aliphatic rings. The molecule has 6 heteroatoms. The van der Waals surface area contributed by atoms with Gasteiger partial charge in [-0.25, -0.2) is 4.79 Å². The molecular formula is C20H23N3O3. The van der Waals surface area contributed by atoms with Gasteiger partial charge in [0.05, 0.1) is 17.6 Å². The molecule has 0 aliphatic carbocycles. The maximum absolute atomic E-state index is 12.2. The van der Waals surface area contributed by atoms with Gasteiger partial charge in [-0.3, -0.25) is 9.36 Å². The first kappa shape index (κ1) is 17.8. The van der Waals surface area contributed by atoms with E-state index in [1.54, 1.807) is 25.2 Å². The number of carbonyl (C=O) groups excluding carboxylic acids is 1. The van der Waals surface area contributed by atoms with Crippen molar-refractivity contribution in [2.75, 3.05) is 13.2 Å². The number of carbonyl (C=O) groups is 1. The predicted molar refractivity (Wildman–Crippen MR) is 102 cm³/mol. The second kappa shape index (κ2) is 7.91. The van der Waals surface area contributed by atoms with Crippen LogP contribution in [0.4, 0.5) is 0 Å². The number of ether oxygens (including phenoxy) is 1. The quantitative estimate of drug-likeness (QED) is 0.641. The predicted octanol–water partition coefficient (Wildman–Crippen LogP) is 2.76. The van der Waals surface area contributed by atoms with Crippen molar-refractivity contribution >= 4 is 16.9 Å². The van der Waals surface area contributed by atoms with E-state index < -0.39 is 0 Å². The Morgan fingerprint density at radius 3 is 2.69 bits per heavy atom. The van der Waals surface area contributed by atoms with Crippen LogP contribution in [0.15, 0.2) is 47.3 Å². The first-order chi connectivity index (χ1) is 12.5. The number of amides is 1. The molecule has 0 radical (unpaired) electrons. The van der Waals surface area contributed by atoms with E-state index in [9.17, 15) is 9.59 Å². The Morgan fingerprint density at radius 1 is 1.15 bits per heavy atom. The standard InChI is InChI=1S/C20H23N3O3/c1-14-5-8-16(9-6-14)26-12-4-3-11-21-19(24)15-7-10-18-17(13-15)22-20(25)23(18)2/h5-10,13H,3-4,11-12H2,1-2H3,(H,21,24)(H,22,25). The second-order valence-electron chi connectivity index (χ2n) is 6.35. The van der Waals surface area contributed by atoms with Crippen molar-refractivity contribution in [1.29, 1.82) is 0 Å². The van der Waals surface area contributed by atoms with E-state index in [1.807, 2.05) is 31.2 Å². The fraction of sp³-hybridized carbons (Fsp3) is 0.300. The molecule has 6 nitrogen and oxygen atoms in total. The van der Waals surface area contributed by atoms with Gasteiger partial charge in [0.1, 0.15) is 5.75 Å². The number of hydrogen-bond acceptors (Lipinski definition) is 3. The smallest absolute Gasteiger partial charge is 0.326 e. The van der Waals surface area contributed by atoms with Gasteiger partial charge < -0.3 is 15.0 Å². The minimum Gasteiger partial charge on any atom is -0.494 e. The summed E-state index contributed by atoms with van der Waals surface area (Å²) in [5.41, 5.74) is 3.00. The Balaban J connectivity index is 1.42. The van der Waals surface area contributed by atoms with Gasteiger partial charge in [-0.2, -0.15) is 0 Å². The lowest BCUT2D eigenvalue weighted by atomic mass is 10.2. The van der Waals surface area contributed by atoms with E-state index in [1.165, 1.54) is 10.1 Å². The Bertz CT molecular complexity index is 955. The molecule has 0 saturated carbocycles. The third kappa shape index (κ3) is 4.14. The Labute approximate surface area is 151 Å². The van der Waals surface area contributed by atoms with Crippen LogP contribution in [0, 0.1) is 6.92 Å². The second-order valence-corrected chi connectivity index (χ2v) is 6.35. The van der Waals surface area contributed by atoms with Crippen molar-refractivity contribution in [1.82, 2.24) is 14.9 Å². The summed E-state index contributed by atoms with van der Waals surface area (Å²) in [6, 6.07) is 13.2. The molecule has 0 bridgehead atoms. The minimum absolute atomic E-state index is 0.143. The highest BCUT2D eigenvalue weighted by atomic mass is 16.5. The van der Waals surface area contributed by atoms with Crippen LogP contribution >= 0.6 is 0 Å². The normalized spacial score (nSPS) is 10.8. The topological polar surface area (TPSA) is 76.1 Å². The maximum Gasteiger partial charge on any atom is 0.326 e. The number of nitrogens with one attached hydrogen (secondary N) is 2. The molecule has 1 amide bonds. The lowest BCUT2D eigenvalue weighted by Gasteiger charge is -2.08. The number of H-pyrrole nitrogens is 1. The molecule has 1 heterocycles. The van der Waals surface area contributed by atoms with Gasteiger partial charge in [0.25, 0.3) is 5.91 Å². The number of aryl methyl sites for hydroxylation is 2. The molecule has 0 saturated heterocycles. The van der Waals surface area contributed by atoms with Crippen molar-refractivity contribution in [2.24, 2.45) is 7.05 Å². The zero-order chi connectivity index (χ0) is 18.5. The van der Waals surface area contributed by atoms with E-state index in [0.717, 1.165) is 24.1 Å². The Hall–Kier alpha value is -3.02. The van der Waals surface area contributed by atoms with E-state index in [4.69, 9.17) is 4.74 Å². The number of rotatable bonds is 7. The van der Waals surface area contributed by atoms with Gasteiger partial charge in [-0.15, -0.1) is 0 Å². The number of fused-ring (bicyclic) bond motifs is 1. The van der Waals surface area contributed by atoms with E-state index in [0.29, 0.717) is 24.2 Å². The van der Waals surface area contributed by atoms with Gasteiger partial charge >= 0.3 is 5.69 Å². The van der Waals surface area contributed by atoms with E-state index >= 15 is 0 Å². The Kier molecular flexibility index (Phi) is 5.41. The fourth-order valence-electron chi connectivity index (χ4n) is 2.73. The van der Waals surface area contributed by atoms with Crippen LogP contribution in [0.1, 0.15) is 28.8 Å². The molecule has 136 valence electrons. The highest BCUT2D eigenvalue weighted by molar-refractivity contribution is 5.97. The molecular weight excluding hydrogens is 330 g/mol. The van der Waals surface area contributed by atoms with Gasteiger partial charge in [-0.05, 0) is 50.1 Å². The van der Waals surface area contributed by atoms with E-state index in [2.05, 4.69) is 10.3 Å². The van der Waals surface area contributed by atoms with Crippen molar-refractivity contribution in [3.63, 3.8) is 0 Å². The maximum atomic E-state index is 12.2. The summed E-state index contributed by atoms with van der Waals surface area (Å²) in [7, 11) is 1.69. The van der Waals surface area contributed by atoms with Crippen LogP contribution in [0.3, 0.4) is 0 Å². The molecule has 3 rings (SSSR count). The SMILES string of the molecule is Cc1ccc(OCCCCNC(=O)c2ccc3c(c2)[nH]c(=O)n3C)cc1. The van der Waals surface area contributed by atoms with Crippen LogP contribution in [0.2, 0.25) is 0 Å². The Morgan fingerprint density at radius 2 is 1.92 bits per heavy atom. The summed E-state index contributed by atoms with van der Waals surface area (Å²) in [6.45, 7) is 3.25. The highest BCUT2D eigenvalue weighted by Gasteiger charge is 2.09. The largest absolute Gasteiger partial charge is 0.494 e. The number of unbranched alkanes of at least 4 members (excludes halogenated alkanes) is 1. The third-order valence-corrected chi connectivity index (χ3v) is 4.31. The van der Waals surface area contributed by atoms with Crippen LogP contribution in [-0.2, 0) is 7.05 Å². The first-order valence-electron chi connectivity index (χ1n) is 8.71. The van der Waals surface area contributed by atoms with Crippen molar-refractivity contribution in [2.45, 2.75) is 19.8 Å². The summed E-state index contributed by atoms with van der Waals surface area (Å²) in [5, 5.41) is 2.90. The molecule has 0 unspecified atom stereocenters. The number of benzene rings is 2. The average Bonchev–Trinajstić information content (AvgIpc) is 2.93. The lowest BCUT2D eigenvalue weighted by Crippen LogP contribution is -2.24. The monoisotopic (exact) mass is 353 g/mol. The molecule has 1 aromatic heterocycles. The zero-order valence-corrected chi connectivity index (χ0v) is 15.0. The van der Waals surface area contributed by atoms with Crippen molar-refractivity contribution < 1.29 is 9.53 Å². The summed E-state index contributed by atoms with van der Waals surface area (Å²) in [4.78, 5) is 26.6. The summed E-state index contributed by atoms with van der Waals surface area (Å²) in [5.74, 6) is 0.723. The number of aromatic nitrogens is 2. The molecule has 2 N–H and O–H groups in total. The summed E-state index contributed by atoms with van der Waals surface area (Å²) < 4.78 is 7.18. The molecule has 2 aromatic carbocycles. The third-order valence-electron chi connectivity index (χ3n) is 4.31. The molecule has 0 aliphatic heterocycles. The minimum atomic E-state index is -0.189. The molecule has 26 heavy (non-hydrogen) atoms. The molecule has 0 atom stereocenters. The van der Waals surface area contributed by atoms with Crippen LogP contribution in [0.25, 0.3) is 11.0 Å². The number of aromatic amines is 1. The fourth-order valence-corrected chi connectivity index (χ4v) is 2.73.